The van der Waals surface area contributed by atoms with E-state index in [-0.39, 0.29) is 5.91 Å². The predicted octanol–water partition coefficient (Wildman–Crippen LogP) is 1.30. The molecule has 0 aliphatic carbocycles. The predicted molar refractivity (Wildman–Crippen MR) is 83.9 cm³/mol. The molecule has 114 valence electrons. The number of nitrogens with one attached hydrogen (secondary N) is 1. The van der Waals surface area contributed by atoms with Crippen molar-refractivity contribution in [3.05, 3.63) is 35.9 Å². The molecule has 3 N–H and O–H groups in total. The molecule has 2 heterocycles. The van der Waals surface area contributed by atoms with Crippen LogP contribution >= 0.6 is 0 Å². The molecule has 0 radical (unpaired) electrons. The summed E-state index contributed by atoms with van der Waals surface area (Å²) >= 11 is 0. The Balaban J connectivity index is 1.43. The second kappa shape index (κ2) is 6.58. The molecule has 3 rings (SSSR count). The van der Waals surface area contributed by atoms with Gasteiger partial charge in [0.25, 0.3) is 0 Å². The highest BCUT2D eigenvalue weighted by Crippen LogP contribution is 2.34. The average molecular weight is 287 g/mol. The van der Waals surface area contributed by atoms with Gasteiger partial charge in [0.15, 0.2) is 0 Å². The van der Waals surface area contributed by atoms with Crippen molar-refractivity contribution in [1.29, 1.82) is 0 Å². The summed E-state index contributed by atoms with van der Waals surface area (Å²) in [6.45, 7) is 1.25. The molecule has 0 aromatic heterocycles. The van der Waals surface area contributed by atoms with Crippen LogP contribution in [-0.2, 0) is 11.2 Å². The minimum atomic E-state index is 0.151. The van der Waals surface area contributed by atoms with Crippen LogP contribution in [0.15, 0.2) is 30.3 Å². The SMILES string of the molecule is NC1CC2CCC(C1)N2CC(=O)NCCc1ccccc1. The third-order valence-corrected chi connectivity index (χ3v) is 4.83. The number of carbonyl (C=O) groups excluding carboxylic acids is 1. The molecule has 2 fully saturated rings. The van der Waals surface area contributed by atoms with Crippen LogP contribution < -0.4 is 11.1 Å². The van der Waals surface area contributed by atoms with E-state index >= 15 is 0 Å². The fourth-order valence-electron chi connectivity index (χ4n) is 3.79. The highest BCUT2D eigenvalue weighted by molar-refractivity contribution is 5.78. The molecule has 2 atom stereocenters. The number of nitrogens with zero attached hydrogens (tertiary/aromatic N) is 1. The Kier molecular flexibility index (Phi) is 4.56. The summed E-state index contributed by atoms with van der Waals surface area (Å²) in [5.74, 6) is 0.151. The van der Waals surface area contributed by atoms with E-state index in [1.807, 2.05) is 18.2 Å². The number of fused-ring (bicyclic) bond motifs is 2. The molecule has 21 heavy (non-hydrogen) atoms. The standard InChI is InChI=1S/C17H25N3O/c18-14-10-15-6-7-16(11-14)20(15)12-17(21)19-9-8-13-4-2-1-3-5-13/h1-5,14-16H,6-12,18H2,(H,19,21). The Morgan fingerprint density at radius 2 is 1.86 bits per heavy atom. The van der Waals surface area contributed by atoms with Crippen molar-refractivity contribution in [2.75, 3.05) is 13.1 Å². The first-order chi connectivity index (χ1) is 10.2. The lowest BCUT2D eigenvalue weighted by Gasteiger charge is -2.37. The summed E-state index contributed by atoms with van der Waals surface area (Å²) in [5, 5.41) is 3.05. The van der Waals surface area contributed by atoms with Crippen molar-refractivity contribution in [2.45, 2.75) is 50.2 Å². The number of amides is 1. The molecule has 2 bridgehead atoms. The average Bonchev–Trinajstić information content (AvgIpc) is 2.71. The van der Waals surface area contributed by atoms with E-state index in [1.54, 1.807) is 0 Å². The van der Waals surface area contributed by atoms with Crippen LogP contribution in [0, 0.1) is 0 Å². The van der Waals surface area contributed by atoms with Crippen molar-refractivity contribution >= 4 is 5.91 Å². The maximum Gasteiger partial charge on any atom is 0.234 e. The number of hydrogen-bond donors (Lipinski definition) is 2. The Labute approximate surface area is 126 Å². The first-order valence-corrected chi connectivity index (χ1v) is 8.04. The van der Waals surface area contributed by atoms with E-state index < -0.39 is 0 Å². The van der Waals surface area contributed by atoms with Crippen molar-refractivity contribution in [2.24, 2.45) is 5.73 Å². The Hall–Kier alpha value is -1.39. The van der Waals surface area contributed by atoms with Crippen LogP contribution in [0.1, 0.15) is 31.2 Å². The maximum absolute atomic E-state index is 12.1. The summed E-state index contributed by atoms with van der Waals surface area (Å²) in [6.07, 6.45) is 5.40. The Morgan fingerprint density at radius 1 is 1.19 bits per heavy atom. The number of piperidine rings is 1. The summed E-state index contributed by atoms with van der Waals surface area (Å²) in [6, 6.07) is 11.7. The minimum absolute atomic E-state index is 0.151. The molecule has 0 spiro atoms. The van der Waals surface area contributed by atoms with Gasteiger partial charge in [0, 0.05) is 24.7 Å². The van der Waals surface area contributed by atoms with Gasteiger partial charge in [0.05, 0.1) is 6.54 Å². The van der Waals surface area contributed by atoms with E-state index in [9.17, 15) is 4.79 Å². The zero-order valence-electron chi connectivity index (χ0n) is 12.5. The van der Waals surface area contributed by atoms with Gasteiger partial charge in [-0.1, -0.05) is 30.3 Å². The highest BCUT2D eigenvalue weighted by atomic mass is 16.2. The maximum atomic E-state index is 12.1. The molecule has 1 aromatic carbocycles. The van der Waals surface area contributed by atoms with Gasteiger partial charge in [-0.3, -0.25) is 9.69 Å². The summed E-state index contributed by atoms with van der Waals surface area (Å²) in [7, 11) is 0. The van der Waals surface area contributed by atoms with Gasteiger partial charge in [-0.25, -0.2) is 0 Å². The minimum Gasteiger partial charge on any atom is -0.355 e. The van der Waals surface area contributed by atoms with Crippen LogP contribution in [0.5, 0.6) is 0 Å². The lowest BCUT2D eigenvalue weighted by atomic mass is 9.98. The fraction of sp³-hybridized carbons (Fsp3) is 0.588. The van der Waals surface area contributed by atoms with Crippen LogP contribution in [0.25, 0.3) is 0 Å². The summed E-state index contributed by atoms with van der Waals surface area (Å²) in [4.78, 5) is 14.5. The molecule has 2 aliphatic rings. The third-order valence-electron chi connectivity index (χ3n) is 4.83. The first-order valence-electron chi connectivity index (χ1n) is 8.04. The first kappa shape index (κ1) is 14.5. The topological polar surface area (TPSA) is 58.4 Å². The largest absolute Gasteiger partial charge is 0.355 e. The van der Waals surface area contributed by atoms with Gasteiger partial charge in [-0.05, 0) is 37.7 Å². The van der Waals surface area contributed by atoms with Gasteiger partial charge < -0.3 is 11.1 Å². The quantitative estimate of drug-likeness (QED) is 0.858. The zero-order valence-corrected chi connectivity index (χ0v) is 12.5. The Morgan fingerprint density at radius 3 is 2.52 bits per heavy atom. The van der Waals surface area contributed by atoms with Crippen LogP contribution in [-0.4, -0.2) is 42.0 Å². The van der Waals surface area contributed by atoms with Crippen molar-refractivity contribution < 1.29 is 4.79 Å². The van der Waals surface area contributed by atoms with Gasteiger partial charge in [0.1, 0.15) is 0 Å². The van der Waals surface area contributed by atoms with E-state index in [2.05, 4.69) is 22.3 Å². The fourth-order valence-corrected chi connectivity index (χ4v) is 3.79. The molecule has 1 aromatic rings. The third kappa shape index (κ3) is 3.63. The summed E-state index contributed by atoms with van der Waals surface area (Å²) < 4.78 is 0. The molecular weight excluding hydrogens is 262 g/mol. The molecule has 0 saturated carbocycles. The van der Waals surface area contributed by atoms with Crippen molar-refractivity contribution in [1.82, 2.24) is 10.2 Å². The molecule has 1 amide bonds. The molecule has 4 heteroatoms. The zero-order chi connectivity index (χ0) is 14.7. The lowest BCUT2D eigenvalue weighted by molar-refractivity contribution is -0.123. The summed E-state index contributed by atoms with van der Waals surface area (Å²) in [5.41, 5.74) is 7.33. The number of carbonyl (C=O) groups is 1. The van der Waals surface area contributed by atoms with E-state index in [0.717, 1.165) is 19.3 Å². The van der Waals surface area contributed by atoms with Gasteiger partial charge >= 0.3 is 0 Å². The second-order valence-corrected chi connectivity index (χ2v) is 6.37. The highest BCUT2D eigenvalue weighted by Gasteiger charge is 2.40. The molecule has 2 unspecified atom stereocenters. The lowest BCUT2D eigenvalue weighted by Crippen LogP contribution is -2.51. The second-order valence-electron chi connectivity index (χ2n) is 6.37. The van der Waals surface area contributed by atoms with Gasteiger partial charge in [-0.15, -0.1) is 0 Å². The van der Waals surface area contributed by atoms with Crippen LogP contribution in [0.4, 0.5) is 0 Å². The van der Waals surface area contributed by atoms with Gasteiger partial charge in [0.2, 0.25) is 5.91 Å². The Bertz CT molecular complexity index is 462. The van der Waals surface area contributed by atoms with E-state index in [4.69, 9.17) is 5.73 Å². The van der Waals surface area contributed by atoms with Crippen molar-refractivity contribution in [3.63, 3.8) is 0 Å². The smallest absolute Gasteiger partial charge is 0.234 e. The van der Waals surface area contributed by atoms with Crippen molar-refractivity contribution in [3.8, 4) is 0 Å². The van der Waals surface area contributed by atoms with Crippen LogP contribution in [0.2, 0.25) is 0 Å². The van der Waals surface area contributed by atoms with E-state index in [0.29, 0.717) is 31.2 Å². The number of nitrogens with two attached hydrogens (primary N) is 1. The molecular formula is C17H25N3O. The molecule has 2 aliphatic heterocycles. The number of hydrogen-bond acceptors (Lipinski definition) is 3. The number of rotatable bonds is 5. The number of benzene rings is 1. The molecule has 4 nitrogen and oxygen atoms in total. The van der Waals surface area contributed by atoms with Gasteiger partial charge in [-0.2, -0.15) is 0 Å². The monoisotopic (exact) mass is 287 g/mol. The van der Waals surface area contributed by atoms with Crippen LogP contribution in [0.3, 0.4) is 0 Å². The molecule has 2 saturated heterocycles. The van der Waals surface area contributed by atoms with E-state index in [1.165, 1.54) is 18.4 Å². The normalized spacial score (nSPS) is 28.5.